The minimum atomic E-state index is -0.267. The van der Waals surface area contributed by atoms with E-state index in [2.05, 4.69) is 36.8 Å². The van der Waals surface area contributed by atoms with Crippen molar-refractivity contribution in [2.24, 2.45) is 0 Å². The van der Waals surface area contributed by atoms with Gasteiger partial charge in [0, 0.05) is 70.7 Å². The first-order chi connectivity index (χ1) is 14.1. The number of piperazine rings is 2. The Hall–Kier alpha value is -3.01. The van der Waals surface area contributed by atoms with Crippen molar-refractivity contribution in [3.05, 3.63) is 41.1 Å². The van der Waals surface area contributed by atoms with E-state index in [-0.39, 0.29) is 18.0 Å². The SMILES string of the molecule is CN1CCN(c2cc(N3CCN(C(=O)Cn4ncccc4=O)CC3)ncn2)CC1. The average molecular weight is 398 g/mol. The molecular formula is C19H26N8O2. The van der Waals surface area contributed by atoms with E-state index in [0.29, 0.717) is 26.2 Å². The van der Waals surface area contributed by atoms with Gasteiger partial charge in [-0.05, 0) is 13.1 Å². The Morgan fingerprint density at radius 3 is 2.21 bits per heavy atom. The van der Waals surface area contributed by atoms with Crippen LogP contribution >= 0.6 is 0 Å². The van der Waals surface area contributed by atoms with Crippen LogP contribution in [0.2, 0.25) is 0 Å². The van der Waals surface area contributed by atoms with Crippen LogP contribution in [0.1, 0.15) is 0 Å². The molecule has 2 aliphatic rings. The Balaban J connectivity index is 1.35. The summed E-state index contributed by atoms with van der Waals surface area (Å²) in [6.07, 6.45) is 3.13. The molecule has 0 spiro atoms. The molecule has 2 aliphatic heterocycles. The van der Waals surface area contributed by atoms with Crippen molar-refractivity contribution in [3.63, 3.8) is 0 Å². The van der Waals surface area contributed by atoms with Gasteiger partial charge in [0.25, 0.3) is 5.56 Å². The molecule has 0 atom stereocenters. The summed E-state index contributed by atoms with van der Waals surface area (Å²) < 4.78 is 1.20. The molecule has 0 unspecified atom stereocenters. The highest BCUT2D eigenvalue weighted by Gasteiger charge is 2.23. The first kappa shape index (κ1) is 19.3. The minimum Gasteiger partial charge on any atom is -0.354 e. The van der Waals surface area contributed by atoms with Crippen LogP contribution in [0.4, 0.5) is 11.6 Å². The lowest BCUT2D eigenvalue weighted by molar-refractivity contribution is -0.132. The number of likely N-dealkylation sites (N-methyl/N-ethyl adjacent to an activating group) is 1. The number of hydrogen-bond donors (Lipinski definition) is 0. The largest absolute Gasteiger partial charge is 0.354 e. The lowest BCUT2D eigenvalue weighted by atomic mass is 10.3. The Morgan fingerprint density at radius 1 is 0.966 bits per heavy atom. The van der Waals surface area contributed by atoms with Crippen LogP contribution in [0.3, 0.4) is 0 Å². The maximum Gasteiger partial charge on any atom is 0.267 e. The third-order valence-corrected chi connectivity index (χ3v) is 5.49. The van der Waals surface area contributed by atoms with E-state index in [1.807, 2.05) is 6.07 Å². The normalized spacial score (nSPS) is 18.2. The minimum absolute atomic E-state index is 0.0270. The van der Waals surface area contributed by atoms with Crippen LogP contribution < -0.4 is 15.4 Å². The zero-order chi connectivity index (χ0) is 20.2. The molecule has 4 heterocycles. The molecule has 154 valence electrons. The van der Waals surface area contributed by atoms with Crippen LogP contribution in [0, 0.1) is 0 Å². The molecule has 0 aliphatic carbocycles. The maximum absolute atomic E-state index is 12.5. The summed E-state index contributed by atoms with van der Waals surface area (Å²) in [4.78, 5) is 41.7. The number of hydrogen-bond acceptors (Lipinski definition) is 8. The number of carbonyl (C=O) groups is 1. The molecule has 1 amide bonds. The van der Waals surface area contributed by atoms with Gasteiger partial charge in [-0.15, -0.1) is 0 Å². The van der Waals surface area contributed by atoms with E-state index in [1.54, 1.807) is 17.3 Å². The van der Waals surface area contributed by atoms with Crippen LogP contribution in [-0.4, -0.2) is 94.9 Å². The van der Waals surface area contributed by atoms with E-state index < -0.39 is 0 Å². The van der Waals surface area contributed by atoms with Gasteiger partial charge in [-0.3, -0.25) is 9.59 Å². The van der Waals surface area contributed by atoms with Gasteiger partial charge in [0.2, 0.25) is 5.91 Å². The summed E-state index contributed by atoms with van der Waals surface area (Å²) in [5.41, 5.74) is -0.267. The highest BCUT2D eigenvalue weighted by atomic mass is 16.2. The molecule has 2 aromatic rings. The second-order valence-corrected chi connectivity index (χ2v) is 7.41. The van der Waals surface area contributed by atoms with Gasteiger partial charge in [-0.1, -0.05) is 0 Å². The van der Waals surface area contributed by atoms with Crippen molar-refractivity contribution in [2.45, 2.75) is 6.54 Å². The fraction of sp³-hybridized carbons (Fsp3) is 0.526. The van der Waals surface area contributed by atoms with Gasteiger partial charge in [0.05, 0.1) is 0 Å². The molecular weight excluding hydrogens is 372 g/mol. The quantitative estimate of drug-likeness (QED) is 0.657. The summed E-state index contributed by atoms with van der Waals surface area (Å²) in [5, 5.41) is 3.96. The Kier molecular flexibility index (Phi) is 5.70. The lowest BCUT2D eigenvalue weighted by Gasteiger charge is -2.36. The summed E-state index contributed by atoms with van der Waals surface area (Å²) in [6, 6.07) is 5.02. The van der Waals surface area contributed by atoms with Gasteiger partial charge in [0.1, 0.15) is 24.5 Å². The molecule has 10 nitrogen and oxygen atoms in total. The first-order valence-corrected chi connectivity index (χ1v) is 9.90. The molecule has 0 aromatic carbocycles. The van der Waals surface area contributed by atoms with Gasteiger partial charge >= 0.3 is 0 Å². The predicted molar refractivity (Wildman–Crippen MR) is 109 cm³/mol. The summed E-state index contributed by atoms with van der Waals surface area (Å²) >= 11 is 0. The Morgan fingerprint density at radius 2 is 1.59 bits per heavy atom. The van der Waals surface area contributed by atoms with E-state index in [9.17, 15) is 9.59 Å². The molecule has 4 rings (SSSR count). The lowest BCUT2D eigenvalue weighted by Crippen LogP contribution is -2.50. The fourth-order valence-corrected chi connectivity index (χ4v) is 3.64. The standard InChI is InChI=1S/C19H26N8O2/c1-23-5-7-24(8-6-23)16-13-17(21-15-20-16)25-9-11-26(12-10-25)19(29)14-27-18(28)3-2-4-22-27/h2-4,13,15H,5-12,14H2,1H3. The highest BCUT2D eigenvalue weighted by Crippen LogP contribution is 2.20. The van der Waals surface area contributed by atoms with Crippen molar-refractivity contribution < 1.29 is 4.79 Å². The molecule has 2 saturated heterocycles. The molecule has 0 radical (unpaired) electrons. The van der Waals surface area contributed by atoms with E-state index in [4.69, 9.17) is 0 Å². The van der Waals surface area contributed by atoms with E-state index >= 15 is 0 Å². The van der Waals surface area contributed by atoms with E-state index in [1.165, 1.54) is 16.9 Å². The zero-order valence-electron chi connectivity index (χ0n) is 16.6. The molecule has 0 saturated carbocycles. The third kappa shape index (κ3) is 4.53. The second kappa shape index (κ2) is 8.56. The molecule has 10 heteroatoms. The van der Waals surface area contributed by atoms with Gasteiger partial charge in [-0.2, -0.15) is 5.10 Å². The molecule has 0 bridgehead atoms. The van der Waals surface area contributed by atoms with Gasteiger partial charge < -0.3 is 19.6 Å². The Bertz CT molecular complexity index is 901. The van der Waals surface area contributed by atoms with Crippen molar-refractivity contribution in [3.8, 4) is 0 Å². The first-order valence-electron chi connectivity index (χ1n) is 9.90. The maximum atomic E-state index is 12.5. The van der Waals surface area contributed by atoms with Gasteiger partial charge in [0.15, 0.2) is 0 Å². The van der Waals surface area contributed by atoms with Crippen molar-refractivity contribution in [2.75, 3.05) is 69.2 Å². The highest BCUT2D eigenvalue weighted by molar-refractivity contribution is 5.76. The summed E-state index contributed by atoms with van der Waals surface area (Å²) in [5.74, 6) is 1.75. The van der Waals surface area contributed by atoms with Crippen LogP contribution in [0.25, 0.3) is 0 Å². The van der Waals surface area contributed by atoms with Gasteiger partial charge in [-0.25, -0.2) is 14.6 Å². The number of rotatable bonds is 4. The number of amides is 1. The molecule has 0 N–H and O–H groups in total. The zero-order valence-corrected chi connectivity index (χ0v) is 16.6. The van der Waals surface area contributed by atoms with E-state index in [0.717, 1.165) is 37.8 Å². The number of aromatic nitrogens is 4. The number of anilines is 2. The monoisotopic (exact) mass is 398 g/mol. The second-order valence-electron chi connectivity index (χ2n) is 7.41. The average Bonchev–Trinajstić information content (AvgIpc) is 2.76. The fourth-order valence-electron chi connectivity index (χ4n) is 3.64. The Labute approximate surface area is 169 Å². The van der Waals surface area contributed by atoms with Crippen LogP contribution in [0.5, 0.6) is 0 Å². The molecule has 2 fully saturated rings. The molecule has 29 heavy (non-hydrogen) atoms. The number of nitrogens with zero attached hydrogens (tertiary/aromatic N) is 8. The van der Waals surface area contributed by atoms with Crippen LogP contribution in [0.15, 0.2) is 35.5 Å². The smallest absolute Gasteiger partial charge is 0.267 e. The predicted octanol–water partition coefficient (Wildman–Crippen LogP) is -0.866. The summed E-state index contributed by atoms with van der Waals surface area (Å²) in [7, 11) is 2.13. The summed E-state index contributed by atoms with van der Waals surface area (Å²) in [6.45, 7) is 6.52. The van der Waals surface area contributed by atoms with Crippen molar-refractivity contribution >= 4 is 17.5 Å². The topological polar surface area (TPSA) is 90.7 Å². The third-order valence-electron chi connectivity index (χ3n) is 5.49. The molecule has 2 aromatic heterocycles. The van der Waals surface area contributed by atoms with Crippen molar-refractivity contribution in [1.82, 2.24) is 29.5 Å². The van der Waals surface area contributed by atoms with Crippen LogP contribution in [-0.2, 0) is 11.3 Å². The van der Waals surface area contributed by atoms with Crippen molar-refractivity contribution in [1.29, 1.82) is 0 Å². The number of carbonyl (C=O) groups excluding carboxylic acids is 1.